The van der Waals surface area contributed by atoms with Crippen LogP contribution in [-0.2, 0) is 13.0 Å². The second kappa shape index (κ2) is 8.35. The highest BCUT2D eigenvalue weighted by atomic mass is 32.2. The summed E-state index contributed by atoms with van der Waals surface area (Å²) in [4.78, 5) is 18.8. The zero-order chi connectivity index (χ0) is 19.4. The molecule has 0 atom stereocenters. The Kier molecular flexibility index (Phi) is 6.11. The molecule has 0 bridgehead atoms. The van der Waals surface area contributed by atoms with Crippen LogP contribution in [0.2, 0.25) is 0 Å². The van der Waals surface area contributed by atoms with Crippen molar-refractivity contribution in [2.24, 2.45) is 0 Å². The third kappa shape index (κ3) is 4.84. The van der Waals surface area contributed by atoms with E-state index in [2.05, 4.69) is 47.2 Å². The first-order valence-corrected chi connectivity index (χ1v) is 9.74. The van der Waals surface area contributed by atoms with Crippen LogP contribution in [0.25, 0.3) is 0 Å². The average Bonchev–Trinajstić information content (AvgIpc) is 2.66. The molecule has 0 radical (unpaired) electrons. The summed E-state index contributed by atoms with van der Waals surface area (Å²) in [7, 11) is 0. The molecule has 0 saturated carbocycles. The van der Waals surface area contributed by atoms with Crippen LogP contribution < -0.4 is 5.32 Å². The smallest absolute Gasteiger partial charge is 0.290 e. The summed E-state index contributed by atoms with van der Waals surface area (Å²) in [6.45, 7) is 6.33. The standard InChI is InChI=1S/C20H23F2N3OS/c1-20(2,25-11-9-14-6-3-4-7-15(14)12-25)13-24-17(26)16-8-5-10-23-18(16)27-19(21)22/h3-8,10,19H,9,11-13H2,1-2H3,(H,24,26). The zero-order valence-electron chi connectivity index (χ0n) is 15.4. The van der Waals surface area contributed by atoms with Gasteiger partial charge in [0.1, 0.15) is 5.03 Å². The highest BCUT2D eigenvalue weighted by Crippen LogP contribution is 2.27. The highest BCUT2D eigenvalue weighted by molar-refractivity contribution is 7.99. The highest BCUT2D eigenvalue weighted by Gasteiger charge is 2.30. The number of amides is 1. The molecule has 1 aliphatic heterocycles. The van der Waals surface area contributed by atoms with Crippen LogP contribution in [0, 0.1) is 0 Å². The van der Waals surface area contributed by atoms with Crippen LogP contribution in [0.3, 0.4) is 0 Å². The van der Waals surface area contributed by atoms with Crippen LogP contribution >= 0.6 is 11.8 Å². The first kappa shape index (κ1) is 19.8. The molecule has 2 heterocycles. The summed E-state index contributed by atoms with van der Waals surface area (Å²) in [6.07, 6.45) is 2.39. The fraction of sp³-hybridized carbons (Fsp3) is 0.400. The Balaban J connectivity index is 1.65. The quantitative estimate of drug-likeness (QED) is 0.757. The van der Waals surface area contributed by atoms with E-state index in [9.17, 15) is 13.6 Å². The normalized spacial score (nSPS) is 14.9. The molecule has 1 aliphatic rings. The first-order valence-electron chi connectivity index (χ1n) is 8.87. The second-order valence-corrected chi connectivity index (χ2v) is 8.15. The van der Waals surface area contributed by atoms with Gasteiger partial charge in [0, 0.05) is 31.4 Å². The van der Waals surface area contributed by atoms with Crippen molar-refractivity contribution in [1.29, 1.82) is 0 Å². The molecule has 0 aliphatic carbocycles. The molecule has 1 aromatic heterocycles. The summed E-state index contributed by atoms with van der Waals surface area (Å²) < 4.78 is 25.4. The van der Waals surface area contributed by atoms with Crippen LogP contribution in [0.15, 0.2) is 47.6 Å². The van der Waals surface area contributed by atoms with E-state index in [1.807, 2.05) is 6.07 Å². The van der Waals surface area contributed by atoms with Gasteiger partial charge in [-0.3, -0.25) is 9.69 Å². The molecular weight excluding hydrogens is 368 g/mol. The SMILES string of the molecule is CC(C)(CNC(=O)c1cccnc1SC(F)F)N1CCc2ccccc2C1. The van der Waals surface area contributed by atoms with E-state index in [0.29, 0.717) is 18.3 Å². The first-order chi connectivity index (χ1) is 12.9. The molecule has 0 unspecified atom stereocenters. The molecule has 1 amide bonds. The number of benzene rings is 1. The van der Waals surface area contributed by atoms with Crippen molar-refractivity contribution >= 4 is 17.7 Å². The molecule has 27 heavy (non-hydrogen) atoms. The lowest BCUT2D eigenvalue weighted by atomic mass is 9.94. The maximum absolute atomic E-state index is 12.7. The Morgan fingerprint density at radius 3 is 2.74 bits per heavy atom. The van der Waals surface area contributed by atoms with E-state index in [4.69, 9.17) is 0 Å². The lowest BCUT2D eigenvalue weighted by Crippen LogP contribution is -2.53. The summed E-state index contributed by atoms with van der Waals surface area (Å²) in [5.41, 5.74) is 2.60. The predicted molar refractivity (Wildman–Crippen MR) is 103 cm³/mol. The average molecular weight is 391 g/mol. The van der Waals surface area contributed by atoms with Gasteiger partial charge in [-0.25, -0.2) is 4.98 Å². The Labute approximate surface area is 162 Å². The number of carbonyl (C=O) groups is 1. The zero-order valence-corrected chi connectivity index (χ0v) is 16.2. The number of fused-ring (bicyclic) bond motifs is 1. The number of hydrogen-bond acceptors (Lipinski definition) is 4. The maximum atomic E-state index is 12.7. The Morgan fingerprint density at radius 2 is 2.00 bits per heavy atom. The summed E-state index contributed by atoms with van der Waals surface area (Å²) in [6, 6.07) is 11.5. The van der Waals surface area contributed by atoms with Gasteiger partial charge in [0.25, 0.3) is 11.7 Å². The maximum Gasteiger partial charge on any atom is 0.290 e. The minimum absolute atomic E-state index is 0.0507. The number of pyridine rings is 1. The van der Waals surface area contributed by atoms with Crippen molar-refractivity contribution in [2.45, 2.75) is 43.1 Å². The number of hydrogen-bond donors (Lipinski definition) is 1. The second-order valence-electron chi connectivity index (χ2n) is 7.17. The van der Waals surface area contributed by atoms with Crippen molar-refractivity contribution in [2.75, 3.05) is 13.1 Å². The van der Waals surface area contributed by atoms with Gasteiger partial charge < -0.3 is 5.32 Å². The van der Waals surface area contributed by atoms with Gasteiger partial charge in [-0.05, 0) is 55.3 Å². The molecular formula is C20H23F2N3OS. The number of nitrogens with one attached hydrogen (secondary N) is 1. The molecule has 0 saturated heterocycles. The van der Waals surface area contributed by atoms with Crippen molar-refractivity contribution in [3.8, 4) is 0 Å². The van der Waals surface area contributed by atoms with Crippen LogP contribution in [0.5, 0.6) is 0 Å². The lowest BCUT2D eigenvalue weighted by Gasteiger charge is -2.41. The third-order valence-corrected chi connectivity index (χ3v) is 5.61. The molecule has 3 rings (SSSR count). The number of aromatic nitrogens is 1. The van der Waals surface area contributed by atoms with Gasteiger partial charge in [-0.15, -0.1) is 0 Å². The number of carbonyl (C=O) groups excluding carboxylic acids is 1. The molecule has 7 heteroatoms. The fourth-order valence-corrected chi connectivity index (χ4v) is 3.84. The topological polar surface area (TPSA) is 45.2 Å². The molecule has 1 N–H and O–H groups in total. The predicted octanol–water partition coefficient (Wildman–Crippen LogP) is 3.96. The monoisotopic (exact) mass is 391 g/mol. The van der Waals surface area contributed by atoms with Crippen molar-refractivity contribution in [3.63, 3.8) is 0 Å². The van der Waals surface area contributed by atoms with Crippen molar-refractivity contribution < 1.29 is 13.6 Å². The number of nitrogens with zero attached hydrogens (tertiary/aromatic N) is 2. The number of thioether (sulfide) groups is 1. The van der Waals surface area contributed by atoms with Gasteiger partial charge in [-0.1, -0.05) is 24.3 Å². The Morgan fingerprint density at radius 1 is 1.26 bits per heavy atom. The Hall–Kier alpha value is -1.99. The van der Waals surface area contributed by atoms with Gasteiger partial charge >= 0.3 is 0 Å². The molecule has 0 fully saturated rings. The summed E-state index contributed by atoms with van der Waals surface area (Å²) in [5, 5.41) is 2.95. The number of rotatable bonds is 6. The summed E-state index contributed by atoms with van der Waals surface area (Å²) >= 11 is 0.291. The van der Waals surface area contributed by atoms with E-state index in [0.717, 1.165) is 19.5 Å². The van der Waals surface area contributed by atoms with Gasteiger partial charge in [0.2, 0.25) is 0 Å². The molecule has 4 nitrogen and oxygen atoms in total. The largest absolute Gasteiger partial charge is 0.350 e. The van der Waals surface area contributed by atoms with Crippen molar-refractivity contribution in [1.82, 2.24) is 15.2 Å². The number of halogens is 2. The minimum atomic E-state index is -2.61. The Bertz CT molecular complexity index is 813. The van der Waals surface area contributed by atoms with E-state index in [-0.39, 0.29) is 22.0 Å². The third-order valence-electron chi connectivity index (χ3n) is 4.88. The van der Waals surface area contributed by atoms with Crippen LogP contribution in [0.1, 0.15) is 35.3 Å². The van der Waals surface area contributed by atoms with E-state index in [1.54, 1.807) is 6.07 Å². The van der Waals surface area contributed by atoms with Gasteiger partial charge in [-0.2, -0.15) is 8.78 Å². The van der Waals surface area contributed by atoms with E-state index in [1.165, 1.54) is 23.4 Å². The van der Waals surface area contributed by atoms with E-state index < -0.39 is 5.76 Å². The minimum Gasteiger partial charge on any atom is -0.350 e. The molecule has 1 aromatic carbocycles. The van der Waals surface area contributed by atoms with Gasteiger partial charge in [0.15, 0.2) is 0 Å². The van der Waals surface area contributed by atoms with E-state index >= 15 is 0 Å². The molecule has 0 spiro atoms. The fourth-order valence-electron chi connectivity index (χ4n) is 3.26. The van der Waals surface area contributed by atoms with Crippen molar-refractivity contribution in [3.05, 3.63) is 59.3 Å². The molecule has 144 valence electrons. The lowest BCUT2D eigenvalue weighted by molar-refractivity contribution is 0.0823. The van der Waals surface area contributed by atoms with Crippen LogP contribution in [0.4, 0.5) is 8.78 Å². The van der Waals surface area contributed by atoms with Crippen LogP contribution in [-0.4, -0.2) is 40.2 Å². The summed E-state index contributed by atoms with van der Waals surface area (Å²) in [5.74, 6) is -2.99. The molecule has 2 aromatic rings. The van der Waals surface area contributed by atoms with Gasteiger partial charge in [0.05, 0.1) is 5.56 Å². The number of alkyl halides is 2.